The molecule has 1 saturated carbocycles. The number of benzene rings is 1. The van der Waals surface area contributed by atoms with Crippen molar-refractivity contribution in [1.29, 1.82) is 0 Å². The average Bonchev–Trinajstić information content (AvgIpc) is 3.19. The Labute approximate surface area is 127 Å². The lowest BCUT2D eigenvalue weighted by molar-refractivity contribution is -0.0195. The quantitative estimate of drug-likeness (QED) is 0.900. The summed E-state index contributed by atoms with van der Waals surface area (Å²) in [5, 5.41) is 11.1. The summed E-state index contributed by atoms with van der Waals surface area (Å²) in [6.07, 6.45) is 6.90. The minimum Gasteiger partial charge on any atom is -0.494 e. The van der Waals surface area contributed by atoms with E-state index in [0.29, 0.717) is 6.61 Å². The maximum Gasteiger partial charge on any atom is 0.119 e. The van der Waals surface area contributed by atoms with E-state index in [4.69, 9.17) is 4.74 Å². The molecule has 3 rings (SSSR count). The van der Waals surface area contributed by atoms with E-state index in [0.717, 1.165) is 37.2 Å². The second kappa shape index (κ2) is 6.37. The van der Waals surface area contributed by atoms with E-state index in [1.54, 1.807) is 0 Å². The van der Waals surface area contributed by atoms with E-state index in [9.17, 15) is 5.11 Å². The van der Waals surface area contributed by atoms with Crippen molar-refractivity contribution in [3.8, 4) is 5.75 Å². The third kappa shape index (κ3) is 2.82. The smallest absolute Gasteiger partial charge is 0.119 e. The van der Waals surface area contributed by atoms with Gasteiger partial charge in [-0.15, -0.1) is 0 Å². The largest absolute Gasteiger partial charge is 0.494 e. The molecule has 0 spiro atoms. The highest BCUT2D eigenvalue weighted by molar-refractivity contribution is 5.30. The summed E-state index contributed by atoms with van der Waals surface area (Å²) in [6, 6.07) is 8.03. The molecule has 3 nitrogen and oxygen atoms in total. The van der Waals surface area contributed by atoms with Crippen molar-refractivity contribution in [3.63, 3.8) is 0 Å². The van der Waals surface area contributed by atoms with Crippen LogP contribution in [0, 0.1) is 0 Å². The van der Waals surface area contributed by atoms with Gasteiger partial charge in [0.1, 0.15) is 5.75 Å². The molecule has 1 aromatic carbocycles. The molecule has 2 fully saturated rings. The van der Waals surface area contributed by atoms with E-state index in [1.165, 1.54) is 25.7 Å². The molecule has 1 heterocycles. The third-order valence-corrected chi connectivity index (χ3v) is 5.22. The predicted octanol–water partition coefficient (Wildman–Crippen LogP) is 3.53. The van der Waals surface area contributed by atoms with Crippen LogP contribution in [0.25, 0.3) is 0 Å². The zero-order valence-corrected chi connectivity index (χ0v) is 13.1. The van der Waals surface area contributed by atoms with Crippen molar-refractivity contribution in [2.24, 2.45) is 0 Å². The number of aliphatic hydroxyl groups excluding tert-OH is 1. The fourth-order valence-electron chi connectivity index (χ4n) is 4.14. The number of likely N-dealkylation sites (tertiary alicyclic amines) is 1. The first-order chi connectivity index (χ1) is 10.3. The predicted molar refractivity (Wildman–Crippen MR) is 84.6 cm³/mol. The molecular formula is C18H27NO2. The maximum atomic E-state index is 11.1. The second-order valence-electron chi connectivity index (χ2n) is 6.41. The first-order valence-electron chi connectivity index (χ1n) is 8.42. The summed E-state index contributed by atoms with van der Waals surface area (Å²) in [5.74, 6) is 0.884. The molecule has 1 aromatic rings. The van der Waals surface area contributed by atoms with Gasteiger partial charge in [0.2, 0.25) is 0 Å². The van der Waals surface area contributed by atoms with Crippen molar-refractivity contribution < 1.29 is 9.84 Å². The van der Waals surface area contributed by atoms with Crippen LogP contribution in [0.4, 0.5) is 0 Å². The van der Waals surface area contributed by atoms with Gasteiger partial charge in [-0.05, 0) is 63.4 Å². The van der Waals surface area contributed by atoms with Crippen molar-refractivity contribution in [3.05, 3.63) is 29.8 Å². The molecule has 1 aliphatic carbocycles. The van der Waals surface area contributed by atoms with Crippen LogP contribution in [-0.4, -0.2) is 35.2 Å². The topological polar surface area (TPSA) is 32.7 Å². The first-order valence-corrected chi connectivity index (χ1v) is 8.42. The molecule has 1 atom stereocenters. The van der Waals surface area contributed by atoms with Crippen molar-refractivity contribution >= 4 is 0 Å². The molecule has 1 aliphatic heterocycles. The van der Waals surface area contributed by atoms with Gasteiger partial charge < -0.3 is 9.84 Å². The summed E-state index contributed by atoms with van der Waals surface area (Å²) in [4.78, 5) is 2.56. The van der Waals surface area contributed by atoms with Gasteiger partial charge in [0.15, 0.2) is 0 Å². The minimum absolute atomic E-state index is 0.0242. The highest BCUT2D eigenvalue weighted by atomic mass is 16.5. The van der Waals surface area contributed by atoms with Gasteiger partial charge >= 0.3 is 0 Å². The highest BCUT2D eigenvalue weighted by Crippen LogP contribution is 2.46. The Bertz CT molecular complexity index is 445. The highest BCUT2D eigenvalue weighted by Gasteiger charge is 2.46. The molecule has 0 amide bonds. The lowest BCUT2D eigenvalue weighted by Gasteiger charge is -2.43. The van der Waals surface area contributed by atoms with E-state index >= 15 is 0 Å². The molecule has 2 aliphatic rings. The Morgan fingerprint density at radius 1 is 1.10 bits per heavy atom. The molecule has 21 heavy (non-hydrogen) atoms. The Morgan fingerprint density at radius 2 is 1.71 bits per heavy atom. The lowest BCUT2D eigenvalue weighted by Crippen LogP contribution is -2.49. The lowest BCUT2D eigenvalue weighted by atomic mass is 9.84. The van der Waals surface area contributed by atoms with Gasteiger partial charge in [0, 0.05) is 0 Å². The number of nitrogens with zero attached hydrogens (tertiary/aromatic N) is 1. The fourth-order valence-corrected chi connectivity index (χ4v) is 4.14. The van der Waals surface area contributed by atoms with Crippen LogP contribution in [0.3, 0.4) is 0 Å². The zero-order chi connectivity index (χ0) is 14.7. The number of aliphatic hydroxyl groups is 1. The van der Waals surface area contributed by atoms with E-state index < -0.39 is 0 Å². The number of ether oxygens (including phenoxy) is 1. The molecule has 1 unspecified atom stereocenters. The standard InChI is InChI=1S/C18H27NO2/c1-2-21-16-9-7-15(8-10-16)17(20)18(11-3-4-12-18)19-13-5-6-14-19/h7-10,17,20H,2-6,11-14H2,1H3. The monoisotopic (exact) mass is 289 g/mol. The van der Waals surface area contributed by atoms with Gasteiger partial charge in [-0.25, -0.2) is 0 Å². The zero-order valence-electron chi connectivity index (χ0n) is 13.1. The first kappa shape index (κ1) is 14.9. The molecule has 0 bridgehead atoms. The van der Waals surface area contributed by atoms with Crippen LogP contribution < -0.4 is 4.74 Å². The summed E-state index contributed by atoms with van der Waals surface area (Å²) in [5.41, 5.74) is 1.01. The second-order valence-corrected chi connectivity index (χ2v) is 6.41. The number of hydrogen-bond donors (Lipinski definition) is 1. The van der Waals surface area contributed by atoms with Crippen LogP contribution in [0.1, 0.15) is 57.1 Å². The molecule has 3 heteroatoms. The number of rotatable bonds is 5. The van der Waals surface area contributed by atoms with Crippen LogP contribution in [0.2, 0.25) is 0 Å². The van der Waals surface area contributed by atoms with E-state index in [-0.39, 0.29) is 11.6 Å². The third-order valence-electron chi connectivity index (χ3n) is 5.22. The summed E-state index contributed by atoms with van der Waals surface area (Å²) in [6.45, 7) is 4.96. The molecular weight excluding hydrogens is 262 g/mol. The van der Waals surface area contributed by atoms with Crippen molar-refractivity contribution in [1.82, 2.24) is 4.90 Å². The van der Waals surface area contributed by atoms with Crippen LogP contribution in [-0.2, 0) is 0 Å². The van der Waals surface area contributed by atoms with Crippen LogP contribution in [0.15, 0.2) is 24.3 Å². The SMILES string of the molecule is CCOc1ccc(C(O)C2(N3CCCC3)CCCC2)cc1. The van der Waals surface area contributed by atoms with E-state index in [1.807, 2.05) is 31.2 Å². The fraction of sp³-hybridized carbons (Fsp3) is 0.667. The Morgan fingerprint density at radius 3 is 2.29 bits per heavy atom. The van der Waals surface area contributed by atoms with Crippen molar-refractivity contribution in [2.75, 3.05) is 19.7 Å². The average molecular weight is 289 g/mol. The molecule has 116 valence electrons. The Hall–Kier alpha value is -1.06. The number of hydrogen-bond acceptors (Lipinski definition) is 3. The van der Waals surface area contributed by atoms with Gasteiger partial charge in [-0.3, -0.25) is 4.90 Å². The van der Waals surface area contributed by atoms with E-state index in [2.05, 4.69) is 4.90 Å². The Balaban J connectivity index is 1.81. The van der Waals surface area contributed by atoms with Gasteiger partial charge in [-0.2, -0.15) is 0 Å². The normalized spacial score (nSPS) is 23.3. The maximum absolute atomic E-state index is 11.1. The molecule has 0 aromatic heterocycles. The van der Waals surface area contributed by atoms with Crippen molar-refractivity contribution in [2.45, 2.75) is 57.1 Å². The molecule has 0 radical (unpaired) electrons. The molecule has 1 N–H and O–H groups in total. The summed E-state index contributed by atoms with van der Waals surface area (Å²) in [7, 11) is 0. The van der Waals surface area contributed by atoms with Gasteiger partial charge in [0.05, 0.1) is 18.2 Å². The van der Waals surface area contributed by atoms with Gasteiger partial charge in [0.25, 0.3) is 0 Å². The minimum atomic E-state index is -0.381. The Kier molecular flexibility index (Phi) is 4.51. The van der Waals surface area contributed by atoms with Crippen LogP contribution >= 0.6 is 0 Å². The van der Waals surface area contributed by atoms with Crippen LogP contribution in [0.5, 0.6) is 5.75 Å². The van der Waals surface area contributed by atoms with Gasteiger partial charge in [-0.1, -0.05) is 25.0 Å². The molecule has 1 saturated heterocycles. The summed E-state index contributed by atoms with van der Waals surface area (Å²) >= 11 is 0. The summed E-state index contributed by atoms with van der Waals surface area (Å²) < 4.78 is 5.50.